The van der Waals surface area contributed by atoms with Crippen LogP contribution in [0.1, 0.15) is 24.7 Å². The van der Waals surface area contributed by atoms with Gasteiger partial charge in [-0.05, 0) is 32.0 Å². The maximum absolute atomic E-state index is 4.45. The van der Waals surface area contributed by atoms with E-state index in [0.29, 0.717) is 6.04 Å². The Balaban J connectivity index is 1.94. The van der Waals surface area contributed by atoms with Crippen molar-refractivity contribution < 1.29 is 0 Å². The van der Waals surface area contributed by atoms with E-state index in [9.17, 15) is 0 Å². The topological polar surface area (TPSA) is 29.9 Å². The molecule has 114 valence electrons. The first-order valence-electron chi connectivity index (χ1n) is 7.58. The Bertz CT molecular complexity index is 550. The summed E-state index contributed by atoms with van der Waals surface area (Å²) in [6.45, 7) is 5.41. The number of nitrogens with one attached hydrogen (secondary N) is 1. The summed E-state index contributed by atoms with van der Waals surface area (Å²) in [6, 6.07) is 9.17. The molecule has 0 aliphatic heterocycles. The molecule has 0 spiro atoms. The smallest absolute Gasteiger partial charge is 0.109 e. The summed E-state index contributed by atoms with van der Waals surface area (Å²) in [5.74, 6) is 2.21. The molecule has 1 aromatic carbocycles. The van der Waals surface area contributed by atoms with Crippen molar-refractivity contribution in [2.75, 3.05) is 12.3 Å². The Morgan fingerprint density at radius 2 is 2.24 bits per heavy atom. The summed E-state index contributed by atoms with van der Waals surface area (Å²) in [5.41, 5.74) is 1.32. The van der Waals surface area contributed by atoms with Crippen LogP contribution in [0.15, 0.2) is 41.6 Å². The Kier molecular flexibility index (Phi) is 6.33. The zero-order valence-electron chi connectivity index (χ0n) is 13.2. The summed E-state index contributed by atoms with van der Waals surface area (Å²) < 4.78 is 2.11. The first-order valence-corrected chi connectivity index (χ1v) is 8.56. The Hall–Kier alpha value is -1.26. The van der Waals surface area contributed by atoms with Crippen LogP contribution in [0.2, 0.25) is 0 Å². The van der Waals surface area contributed by atoms with Gasteiger partial charge in [-0.15, -0.1) is 11.8 Å². The number of imidazole rings is 1. The molecule has 21 heavy (non-hydrogen) atoms. The standard InChI is InChI=1S/C17H25N3S/c1-4-8-18-15(12-17-19-9-10-20(17)3)13-21-16-7-5-6-14(2)11-16/h5-7,9-11,15,18H,4,8,12-13H2,1-3H3. The molecule has 4 heteroatoms. The highest BCUT2D eigenvalue weighted by molar-refractivity contribution is 7.99. The third-order valence-corrected chi connectivity index (χ3v) is 4.63. The third-order valence-electron chi connectivity index (χ3n) is 3.47. The van der Waals surface area contributed by atoms with Crippen LogP contribution < -0.4 is 5.32 Å². The van der Waals surface area contributed by atoms with E-state index in [1.54, 1.807) is 0 Å². The molecular weight excluding hydrogens is 278 g/mol. The molecule has 0 fully saturated rings. The van der Waals surface area contributed by atoms with E-state index in [-0.39, 0.29) is 0 Å². The molecule has 3 nitrogen and oxygen atoms in total. The molecule has 0 saturated heterocycles. The highest BCUT2D eigenvalue weighted by atomic mass is 32.2. The van der Waals surface area contributed by atoms with Crippen molar-refractivity contribution in [1.29, 1.82) is 0 Å². The lowest BCUT2D eigenvalue weighted by molar-refractivity contribution is 0.532. The summed E-state index contributed by atoms with van der Waals surface area (Å²) in [5, 5.41) is 3.65. The average molecular weight is 303 g/mol. The van der Waals surface area contributed by atoms with Gasteiger partial charge >= 0.3 is 0 Å². The van der Waals surface area contributed by atoms with E-state index in [1.807, 2.05) is 24.2 Å². The van der Waals surface area contributed by atoms with Crippen LogP contribution in [0.3, 0.4) is 0 Å². The summed E-state index contributed by atoms with van der Waals surface area (Å²) in [6.07, 6.45) is 6.02. The van der Waals surface area contributed by atoms with Gasteiger partial charge in [0.25, 0.3) is 0 Å². The van der Waals surface area contributed by atoms with Gasteiger partial charge in [0.2, 0.25) is 0 Å². The number of hydrogen-bond donors (Lipinski definition) is 1. The molecule has 2 aromatic rings. The van der Waals surface area contributed by atoms with Crippen molar-refractivity contribution in [3.05, 3.63) is 48.0 Å². The van der Waals surface area contributed by atoms with Crippen LogP contribution in [0.4, 0.5) is 0 Å². The second-order valence-electron chi connectivity index (χ2n) is 5.44. The van der Waals surface area contributed by atoms with E-state index in [0.717, 1.165) is 31.0 Å². The Labute approximate surface area is 132 Å². The normalized spacial score (nSPS) is 12.5. The molecule has 1 aromatic heterocycles. The molecule has 1 atom stereocenters. The summed E-state index contributed by atoms with van der Waals surface area (Å²) >= 11 is 1.92. The van der Waals surface area contributed by atoms with Gasteiger partial charge in [0.05, 0.1) is 0 Å². The summed E-state index contributed by atoms with van der Waals surface area (Å²) in [7, 11) is 2.06. The minimum atomic E-state index is 0.455. The van der Waals surface area contributed by atoms with Gasteiger partial charge in [0.15, 0.2) is 0 Å². The predicted octanol–water partition coefficient (Wildman–Crippen LogP) is 3.43. The molecule has 0 amide bonds. The molecule has 0 saturated carbocycles. The van der Waals surface area contributed by atoms with Crippen molar-refractivity contribution in [3.63, 3.8) is 0 Å². The van der Waals surface area contributed by atoms with E-state index in [4.69, 9.17) is 0 Å². The SMILES string of the molecule is CCCNC(CSc1cccc(C)c1)Cc1nccn1C. The van der Waals surface area contributed by atoms with Gasteiger partial charge in [-0.3, -0.25) is 0 Å². The molecule has 0 aliphatic rings. The van der Waals surface area contributed by atoms with Gasteiger partial charge < -0.3 is 9.88 Å². The molecule has 0 bridgehead atoms. The molecule has 1 N–H and O–H groups in total. The lowest BCUT2D eigenvalue weighted by Gasteiger charge is -2.18. The Morgan fingerprint density at radius 1 is 1.38 bits per heavy atom. The number of nitrogens with zero attached hydrogens (tertiary/aromatic N) is 2. The monoisotopic (exact) mass is 303 g/mol. The van der Waals surface area contributed by atoms with Gasteiger partial charge in [0.1, 0.15) is 5.82 Å². The number of rotatable bonds is 8. The van der Waals surface area contributed by atoms with E-state index in [1.165, 1.54) is 10.5 Å². The highest BCUT2D eigenvalue weighted by Gasteiger charge is 2.12. The largest absolute Gasteiger partial charge is 0.338 e. The molecule has 2 rings (SSSR count). The molecule has 1 unspecified atom stereocenters. The van der Waals surface area contributed by atoms with Crippen LogP contribution in [0.25, 0.3) is 0 Å². The third kappa shape index (κ3) is 5.21. The second kappa shape index (κ2) is 8.25. The molecular formula is C17H25N3S. The highest BCUT2D eigenvalue weighted by Crippen LogP contribution is 2.20. The average Bonchev–Trinajstić information content (AvgIpc) is 2.87. The van der Waals surface area contributed by atoms with E-state index < -0.39 is 0 Å². The van der Waals surface area contributed by atoms with Crippen molar-refractivity contribution in [3.8, 4) is 0 Å². The van der Waals surface area contributed by atoms with Crippen LogP contribution in [-0.2, 0) is 13.5 Å². The quantitative estimate of drug-likeness (QED) is 0.758. The predicted molar refractivity (Wildman–Crippen MR) is 90.9 cm³/mol. The molecule has 0 radical (unpaired) electrons. The maximum atomic E-state index is 4.45. The van der Waals surface area contributed by atoms with Crippen molar-refractivity contribution >= 4 is 11.8 Å². The molecule has 1 heterocycles. The van der Waals surface area contributed by atoms with Gasteiger partial charge in [0, 0.05) is 42.6 Å². The van der Waals surface area contributed by atoms with Gasteiger partial charge in [-0.2, -0.15) is 0 Å². The fourth-order valence-corrected chi connectivity index (χ4v) is 3.33. The minimum absolute atomic E-state index is 0.455. The van der Waals surface area contributed by atoms with Crippen LogP contribution in [-0.4, -0.2) is 27.9 Å². The van der Waals surface area contributed by atoms with Crippen LogP contribution >= 0.6 is 11.8 Å². The number of thioether (sulfide) groups is 1. The first kappa shape index (κ1) is 16.1. The fourth-order valence-electron chi connectivity index (χ4n) is 2.25. The van der Waals surface area contributed by atoms with Crippen LogP contribution in [0.5, 0.6) is 0 Å². The fraction of sp³-hybridized carbons (Fsp3) is 0.471. The zero-order chi connectivity index (χ0) is 15.1. The van der Waals surface area contributed by atoms with E-state index >= 15 is 0 Å². The number of aryl methyl sites for hydroxylation is 2. The van der Waals surface area contributed by atoms with E-state index in [2.05, 4.69) is 60.0 Å². The first-order chi connectivity index (χ1) is 10.2. The van der Waals surface area contributed by atoms with Crippen molar-refractivity contribution in [2.45, 2.75) is 37.6 Å². The Morgan fingerprint density at radius 3 is 2.90 bits per heavy atom. The number of benzene rings is 1. The maximum Gasteiger partial charge on any atom is 0.109 e. The molecule has 0 aliphatic carbocycles. The zero-order valence-corrected chi connectivity index (χ0v) is 14.0. The second-order valence-corrected chi connectivity index (χ2v) is 6.53. The lowest BCUT2D eigenvalue weighted by Crippen LogP contribution is -2.34. The lowest BCUT2D eigenvalue weighted by atomic mass is 10.2. The number of aromatic nitrogens is 2. The number of hydrogen-bond acceptors (Lipinski definition) is 3. The van der Waals surface area contributed by atoms with Gasteiger partial charge in [-0.25, -0.2) is 4.98 Å². The summed E-state index contributed by atoms with van der Waals surface area (Å²) in [4.78, 5) is 5.79. The van der Waals surface area contributed by atoms with Crippen molar-refractivity contribution in [1.82, 2.24) is 14.9 Å². The minimum Gasteiger partial charge on any atom is -0.338 e. The van der Waals surface area contributed by atoms with Gasteiger partial charge in [-0.1, -0.05) is 24.6 Å². The van der Waals surface area contributed by atoms with Crippen molar-refractivity contribution in [2.24, 2.45) is 7.05 Å². The van der Waals surface area contributed by atoms with Crippen LogP contribution in [0, 0.1) is 6.92 Å².